The van der Waals surface area contributed by atoms with Crippen LogP contribution in [0.1, 0.15) is 43.3 Å². The minimum atomic E-state index is 0.703. The second kappa shape index (κ2) is 7.22. The van der Waals surface area contributed by atoms with Crippen LogP contribution in [0.5, 0.6) is 0 Å². The predicted molar refractivity (Wildman–Crippen MR) is 77.8 cm³/mol. The van der Waals surface area contributed by atoms with E-state index in [1.165, 1.54) is 49.5 Å². The van der Waals surface area contributed by atoms with Crippen molar-refractivity contribution in [3.05, 3.63) is 16.1 Å². The van der Waals surface area contributed by atoms with Crippen LogP contribution >= 0.6 is 11.3 Å². The lowest BCUT2D eigenvalue weighted by Gasteiger charge is -2.18. The summed E-state index contributed by atoms with van der Waals surface area (Å²) in [5.41, 5.74) is 6.80. The molecule has 0 aliphatic carbocycles. The van der Waals surface area contributed by atoms with Gasteiger partial charge in [0.2, 0.25) is 0 Å². The van der Waals surface area contributed by atoms with Crippen molar-refractivity contribution in [3.63, 3.8) is 0 Å². The molecule has 1 aromatic heterocycles. The molecule has 0 aromatic carbocycles. The molecule has 0 radical (unpaired) electrons. The number of aromatic nitrogens is 1. The van der Waals surface area contributed by atoms with Crippen LogP contribution in [0.15, 0.2) is 5.38 Å². The topological polar surface area (TPSA) is 42.1 Å². The van der Waals surface area contributed by atoms with Gasteiger partial charge in [-0.15, -0.1) is 11.3 Å². The molecule has 102 valence electrons. The van der Waals surface area contributed by atoms with Crippen LogP contribution in [0.4, 0.5) is 0 Å². The number of likely N-dealkylation sites (tertiary alicyclic amines) is 1. The van der Waals surface area contributed by atoms with E-state index in [-0.39, 0.29) is 0 Å². The fourth-order valence-corrected chi connectivity index (χ4v) is 3.49. The number of nitrogens with two attached hydrogens (primary N) is 1. The largest absolute Gasteiger partial charge is 0.330 e. The lowest BCUT2D eigenvalue weighted by atomic mass is 9.98. The van der Waals surface area contributed by atoms with E-state index in [1.807, 2.05) is 0 Å². The Kier molecular flexibility index (Phi) is 5.60. The van der Waals surface area contributed by atoms with E-state index in [9.17, 15) is 0 Å². The molecule has 4 heteroatoms. The molecule has 1 aliphatic rings. The highest BCUT2D eigenvalue weighted by molar-refractivity contribution is 7.09. The zero-order valence-electron chi connectivity index (χ0n) is 11.4. The Bertz CT molecular complexity index is 351. The predicted octanol–water partition coefficient (Wildman–Crippen LogP) is 2.66. The highest BCUT2D eigenvalue weighted by Gasteiger charge is 2.16. The average Bonchev–Trinajstić information content (AvgIpc) is 2.68. The number of nitrogens with zero attached hydrogens (tertiary/aromatic N) is 2. The number of hydrogen-bond donors (Lipinski definition) is 1. The summed E-state index contributed by atoms with van der Waals surface area (Å²) in [6, 6.07) is 0. The summed E-state index contributed by atoms with van der Waals surface area (Å²) >= 11 is 1.76. The van der Waals surface area contributed by atoms with Gasteiger partial charge in [0.15, 0.2) is 0 Å². The summed E-state index contributed by atoms with van der Waals surface area (Å²) in [5.74, 6) is 0.943. The Morgan fingerprint density at radius 1 is 1.44 bits per heavy atom. The van der Waals surface area contributed by atoms with Crippen molar-refractivity contribution in [3.8, 4) is 0 Å². The summed E-state index contributed by atoms with van der Waals surface area (Å²) in [7, 11) is 0. The Morgan fingerprint density at radius 2 is 2.33 bits per heavy atom. The van der Waals surface area contributed by atoms with Gasteiger partial charge < -0.3 is 5.73 Å². The first-order chi connectivity index (χ1) is 8.81. The lowest BCUT2D eigenvalue weighted by Crippen LogP contribution is -2.24. The normalized spacial score (nSPS) is 22.0. The Labute approximate surface area is 114 Å². The van der Waals surface area contributed by atoms with Gasteiger partial charge in [0.25, 0.3) is 0 Å². The highest BCUT2D eigenvalue weighted by Crippen LogP contribution is 2.21. The molecule has 1 fully saturated rings. The van der Waals surface area contributed by atoms with Gasteiger partial charge in [-0.1, -0.05) is 13.3 Å². The molecule has 1 aliphatic heterocycles. The van der Waals surface area contributed by atoms with Crippen molar-refractivity contribution in [1.82, 2.24) is 9.88 Å². The molecule has 1 saturated heterocycles. The van der Waals surface area contributed by atoms with Gasteiger partial charge in [-0.25, -0.2) is 4.98 Å². The van der Waals surface area contributed by atoms with E-state index in [0.717, 1.165) is 18.9 Å². The fraction of sp³-hybridized carbons (Fsp3) is 0.786. The molecule has 1 unspecified atom stereocenters. The average molecular weight is 267 g/mol. The maximum atomic E-state index is 5.56. The minimum Gasteiger partial charge on any atom is -0.330 e. The van der Waals surface area contributed by atoms with E-state index < -0.39 is 0 Å². The van der Waals surface area contributed by atoms with Crippen LogP contribution in [-0.2, 0) is 13.0 Å². The monoisotopic (exact) mass is 267 g/mol. The van der Waals surface area contributed by atoms with Crippen molar-refractivity contribution in [2.24, 2.45) is 11.7 Å². The van der Waals surface area contributed by atoms with Crippen molar-refractivity contribution in [2.45, 2.75) is 45.6 Å². The first kappa shape index (κ1) is 14.0. The number of rotatable bonds is 5. The molecule has 1 aromatic rings. The molecule has 18 heavy (non-hydrogen) atoms. The molecule has 2 heterocycles. The van der Waals surface area contributed by atoms with Gasteiger partial charge >= 0.3 is 0 Å². The van der Waals surface area contributed by atoms with E-state index >= 15 is 0 Å². The third-order valence-corrected chi connectivity index (χ3v) is 4.82. The van der Waals surface area contributed by atoms with Gasteiger partial charge in [0.1, 0.15) is 0 Å². The van der Waals surface area contributed by atoms with Gasteiger partial charge in [-0.2, -0.15) is 0 Å². The van der Waals surface area contributed by atoms with Crippen LogP contribution in [-0.4, -0.2) is 29.5 Å². The zero-order chi connectivity index (χ0) is 12.8. The van der Waals surface area contributed by atoms with E-state index in [1.54, 1.807) is 11.3 Å². The lowest BCUT2D eigenvalue weighted by molar-refractivity contribution is 0.269. The quantitative estimate of drug-likeness (QED) is 0.892. The van der Waals surface area contributed by atoms with Crippen LogP contribution in [0.25, 0.3) is 0 Å². The smallest absolute Gasteiger partial charge is 0.0941 e. The molecular weight excluding hydrogens is 242 g/mol. The maximum Gasteiger partial charge on any atom is 0.0941 e. The first-order valence-electron chi connectivity index (χ1n) is 7.17. The van der Waals surface area contributed by atoms with Crippen molar-refractivity contribution < 1.29 is 0 Å². The summed E-state index contributed by atoms with van der Waals surface area (Å²) in [5, 5.41) is 3.39. The zero-order valence-corrected chi connectivity index (χ0v) is 12.2. The maximum absolute atomic E-state index is 5.56. The van der Waals surface area contributed by atoms with E-state index in [4.69, 9.17) is 5.73 Å². The third-order valence-electron chi connectivity index (χ3n) is 3.86. The molecule has 1 atom stereocenters. The Morgan fingerprint density at radius 3 is 3.11 bits per heavy atom. The molecule has 2 N–H and O–H groups in total. The Hall–Kier alpha value is -0.450. The molecule has 3 nitrogen and oxygen atoms in total. The van der Waals surface area contributed by atoms with Crippen molar-refractivity contribution in [1.29, 1.82) is 0 Å². The fourth-order valence-electron chi connectivity index (χ4n) is 2.68. The molecule has 0 amide bonds. The molecule has 2 rings (SSSR count). The summed E-state index contributed by atoms with van der Waals surface area (Å²) < 4.78 is 0. The van der Waals surface area contributed by atoms with E-state index in [2.05, 4.69) is 22.2 Å². The third kappa shape index (κ3) is 4.04. The SMILES string of the molecule is CCC1CCCN(Cc2csc(CCN)n2)CC1. The molecule has 0 bridgehead atoms. The molecule has 0 spiro atoms. The van der Waals surface area contributed by atoms with E-state index in [0.29, 0.717) is 6.54 Å². The van der Waals surface area contributed by atoms with Crippen LogP contribution in [0, 0.1) is 5.92 Å². The Balaban J connectivity index is 1.84. The first-order valence-corrected chi connectivity index (χ1v) is 8.05. The summed E-state index contributed by atoms with van der Waals surface area (Å²) in [6.07, 6.45) is 6.37. The molecular formula is C14H25N3S. The van der Waals surface area contributed by atoms with Gasteiger partial charge in [0, 0.05) is 18.3 Å². The number of thiazole rings is 1. The second-order valence-electron chi connectivity index (χ2n) is 5.25. The van der Waals surface area contributed by atoms with Gasteiger partial charge in [-0.3, -0.25) is 4.90 Å². The standard InChI is InChI=1S/C14H25N3S/c1-2-12-4-3-8-17(9-6-12)10-13-11-18-14(16-13)5-7-15/h11-12H,2-10,15H2,1H3. The van der Waals surface area contributed by atoms with Gasteiger partial charge in [-0.05, 0) is 44.8 Å². The van der Waals surface area contributed by atoms with Crippen LogP contribution in [0.3, 0.4) is 0 Å². The number of hydrogen-bond acceptors (Lipinski definition) is 4. The second-order valence-corrected chi connectivity index (χ2v) is 6.20. The van der Waals surface area contributed by atoms with Crippen molar-refractivity contribution in [2.75, 3.05) is 19.6 Å². The van der Waals surface area contributed by atoms with Gasteiger partial charge in [0.05, 0.1) is 10.7 Å². The molecule has 0 saturated carbocycles. The summed E-state index contributed by atoms with van der Waals surface area (Å²) in [6.45, 7) is 6.52. The highest BCUT2D eigenvalue weighted by atomic mass is 32.1. The summed E-state index contributed by atoms with van der Waals surface area (Å²) in [4.78, 5) is 7.23. The van der Waals surface area contributed by atoms with Crippen molar-refractivity contribution >= 4 is 11.3 Å². The van der Waals surface area contributed by atoms with Crippen LogP contribution < -0.4 is 5.73 Å². The van der Waals surface area contributed by atoms with Crippen LogP contribution in [0.2, 0.25) is 0 Å². The minimum absolute atomic E-state index is 0.703.